The molecule has 1 heterocycles. The van der Waals surface area contributed by atoms with Crippen LogP contribution in [-0.4, -0.2) is 35.7 Å². The van der Waals surface area contributed by atoms with Crippen molar-refractivity contribution in [2.24, 2.45) is 0 Å². The minimum Gasteiger partial charge on any atom is -0.493 e. The molecule has 0 fully saturated rings. The van der Waals surface area contributed by atoms with Gasteiger partial charge in [-0.25, -0.2) is 4.79 Å². The van der Waals surface area contributed by atoms with Crippen molar-refractivity contribution in [3.05, 3.63) is 23.9 Å². The number of benzene rings is 1. The van der Waals surface area contributed by atoms with Gasteiger partial charge in [-0.15, -0.1) is 0 Å². The zero-order valence-corrected chi connectivity index (χ0v) is 14.4. The fourth-order valence-corrected chi connectivity index (χ4v) is 2.32. The second-order valence-corrected chi connectivity index (χ2v) is 6.23. The first kappa shape index (κ1) is 17.1. The van der Waals surface area contributed by atoms with E-state index in [4.69, 9.17) is 25.8 Å². The minimum atomic E-state index is -0.676. The van der Waals surface area contributed by atoms with E-state index in [1.807, 2.05) is 0 Å². The number of aromatic nitrogens is 1. The number of rotatable bonds is 3. The highest BCUT2D eigenvalue weighted by Crippen LogP contribution is 2.35. The standard InChI is InChI=1S/C16H18ClNO5/c1-16(2,3)23-15(20)18-8-10(14(17)19)9-6-12(21-4)13(22-5)7-11(9)18/h6-8H,1-5H3. The first-order valence-electron chi connectivity index (χ1n) is 6.88. The van der Waals surface area contributed by atoms with Crippen molar-refractivity contribution in [2.75, 3.05) is 14.2 Å². The quantitative estimate of drug-likeness (QED) is 0.795. The van der Waals surface area contributed by atoms with Crippen LogP contribution in [-0.2, 0) is 4.74 Å². The summed E-state index contributed by atoms with van der Waals surface area (Å²) >= 11 is 5.63. The molecule has 0 bridgehead atoms. The molecular formula is C16H18ClNO5. The van der Waals surface area contributed by atoms with Gasteiger partial charge in [-0.05, 0) is 38.4 Å². The zero-order valence-electron chi connectivity index (χ0n) is 13.6. The maximum Gasteiger partial charge on any atom is 0.419 e. The van der Waals surface area contributed by atoms with E-state index in [-0.39, 0.29) is 5.56 Å². The van der Waals surface area contributed by atoms with Gasteiger partial charge < -0.3 is 14.2 Å². The molecule has 6 nitrogen and oxygen atoms in total. The molecule has 7 heteroatoms. The van der Waals surface area contributed by atoms with E-state index in [0.717, 1.165) is 0 Å². The number of nitrogens with zero attached hydrogens (tertiary/aromatic N) is 1. The largest absolute Gasteiger partial charge is 0.493 e. The molecule has 0 aliphatic heterocycles. The van der Waals surface area contributed by atoms with Crippen molar-refractivity contribution >= 4 is 33.8 Å². The number of methoxy groups -OCH3 is 2. The Balaban J connectivity index is 2.70. The summed E-state index contributed by atoms with van der Waals surface area (Å²) in [7, 11) is 2.97. The summed E-state index contributed by atoms with van der Waals surface area (Å²) in [5.41, 5.74) is -0.0376. The molecule has 0 aliphatic rings. The van der Waals surface area contributed by atoms with E-state index in [9.17, 15) is 9.59 Å². The summed E-state index contributed by atoms with van der Waals surface area (Å²) in [5, 5.41) is -0.196. The normalized spacial score (nSPS) is 11.4. The van der Waals surface area contributed by atoms with Crippen LogP contribution < -0.4 is 9.47 Å². The van der Waals surface area contributed by atoms with Crippen molar-refractivity contribution in [1.82, 2.24) is 4.57 Å². The number of ether oxygens (including phenoxy) is 3. The van der Waals surface area contributed by atoms with Crippen molar-refractivity contribution in [3.63, 3.8) is 0 Å². The summed E-state index contributed by atoms with van der Waals surface area (Å²) in [4.78, 5) is 24.0. The number of hydrogen-bond donors (Lipinski definition) is 0. The zero-order chi connectivity index (χ0) is 17.4. The van der Waals surface area contributed by atoms with Gasteiger partial charge in [-0.3, -0.25) is 9.36 Å². The van der Waals surface area contributed by atoms with E-state index in [1.165, 1.54) is 25.0 Å². The van der Waals surface area contributed by atoms with E-state index >= 15 is 0 Å². The Morgan fingerprint density at radius 2 is 1.65 bits per heavy atom. The van der Waals surface area contributed by atoms with Crippen LogP contribution >= 0.6 is 11.6 Å². The minimum absolute atomic E-state index is 0.188. The van der Waals surface area contributed by atoms with Gasteiger partial charge in [-0.2, -0.15) is 0 Å². The molecule has 0 atom stereocenters. The first-order chi connectivity index (χ1) is 10.7. The first-order valence-corrected chi connectivity index (χ1v) is 7.26. The fraction of sp³-hybridized carbons (Fsp3) is 0.375. The van der Waals surface area contributed by atoms with Crippen LogP contribution in [0.15, 0.2) is 18.3 Å². The molecule has 0 saturated carbocycles. The van der Waals surface area contributed by atoms with Gasteiger partial charge in [0.05, 0.1) is 25.3 Å². The molecule has 2 rings (SSSR count). The predicted octanol–water partition coefficient (Wildman–Crippen LogP) is 3.82. The van der Waals surface area contributed by atoms with E-state index in [2.05, 4.69) is 0 Å². The SMILES string of the molecule is COc1cc2c(C(=O)Cl)cn(C(=O)OC(C)(C)C)c2cc1OC. The predicted molar refractivity (Wildman–Crippen MR) is 86.9 cm³/mol. The third-order valence-corrected chi connectivity index (χ3v) is 3.32. The third kappa shape index (κ3) is 3.42. The maximum atomic E-state index is 12.4. The topological polar surface area (TPSA) is 66.8 Å². The maximum absolute atomic E-state index is 12.4. The lowest BCUT2D eigenvalue weighted by Crippen LogP contribution is -2.26. The van der Waals surface area contributed by atoms with Gasteiger partial charge in [-0.1, -0.05) is 0 Å². The van der Waals surface area contributed by atoms with Crippen LogP contribution in [0.1, 0.15) is 31.1 Å². The van der Waals surface area contributed by atoms with E-state index < -0.39 is 16.9 Å². The Bertz CT molecular complexity index is 773. The molecule has 0 unspecified atom stereocenters. The van der Waals surface area contributed by atoms with Crippen molar-refractivity contribution in [1.29, 1.82) is 0 Å². The molecule has 0 N–H and O–H groups in total. The van der Waals surface area contributed by atoms with Gasteiger partial charge in [0.1, 0.15) is 5.60 Å². The highest BCUT2D eigenvalue weighted by atomic mass is 35.5. The molecule has 1 aromatic heterocycles. The molecule has 1 aromatic carbocycles. The van der Waals surface area contributed by atoms with Crippen LogP contribution in [0.3, 0.4) is 0 Å². The summed E-state index contributed by atoms with van der Waals surface area (Å²) in [6.45, 7) is 5.27. The summed E-state index contributed by atoms with van der Waals surface area (Å²) in [5.74, 6) is 0.859. The lowest BCUT2D eigenvalue weighted by Gasteiger charge is -2.19. The van der Waals surface area contributed by atoms with Crippen LogP contribution in [0.5, 0.6) is 11.5 Å². The highest BCUT2D eigenvalue weighted by Gasteiger charge is 2.24. The van der Waals surface area contributed by atoms with E-state index in [0.29, 0.717) is 22.4 Å². The van der Waals surface area contributed by atoms with E-state index in [1.54, 1.807) is 32.9 Å². The van der Waals surface area contributed by atoms with Crippen LogP contribution in [0, 0.1) is 0 Å². The van der Waals surface area contributed by atoms with Gasteiger partial charge in [0.15, 0.2) is 11.5 Å². The van der Waals surface area contributed by atoms with Gasteiger partial charge >= 0.3 is 6.09 Å². The summed E-state index contributed by atoms with van der Waals surface area (Å²) in [6.07, 6.45) is 0.742. The third-order valence-electron chi connectivity index (χ3n) is 3.11. The smallest absolute Gasteiger partial charge is 0.419 e. The van der Waals surface area contributed by atoms with Crippen molar-refractivity contribution in [2.45, 2.75) is 26.4 Å². The molecule has 0 spiro atoms. The molecule has 124 valence electrons. The fourth-order valence-electron chi connectivity index (χ4n) is 2.17. The lowest BCUT2D eigenvalue weighted by atomic mass is 10.1. The van der Waals surface area contributed by atoms with Crippen LogP contribution in [0.2, 0.25) is 0 Å². The van der Waals surface area contributed by atoms with Gasteiger partial charge in [0, 0.05) is 17.6 Å². The summed E-state index contributed by atoms with van der Waals surface area (Å²) < 4.78 is 17.1. The molecular weight excluding hydrogens is 322 g/mol. The van der Waals surface area contributed by atoms with Crippen LogP contribution in [0.25, 0.3) is 10.9 Å². The van der Waals surface area contributed by atoms with Crippen molar-refractivity contribution in [3.8, 4) is 11.5 Å². The van der Waals surface area contributed by atoms with Gasteiger partial charge in [0.2, 0.25) is 0 Å². The Morgan fingerprint density at radius 1 is 1.09 bits per heavy atom. The molecule has 2 aromatic rings. The average molecular weight is 340 g/mol. The number of carbonyl (C=O) groups is 2. The number of fused-ring (bicyclic) bond motifs is 1. The molecule has 0 amide bonds. The lowest BCUT2D eigenvalue weighted by molar-refractivity contribution is 0.0544. The second-order valence-electron chi connectivity index (χ2n) is 5.89. The highest BCUT2D eigenvalue weighted by molar-refractivity contribution is 6.68. The van der Waals surface area contributed by atoms with Crippen molar-refractivity contribution < 1.29 is 23.8 Å². The molecule has 0 aliphatic carbocycles. The monoisotopic (exact) mass is 339 g/mol. The summed E-state index contributed by atoms with van der Waals surface area (Å²) in [6, 6.07) is 3.20. The Hall–Kier alpha value is -2.21. The molecule has 0 radical (unpaired) electrons. The van der Waals surface area contributed by atoms with Gasteiger partial charge in [0.25, 0.3) is 5.24 Å². The van der Waals surface area contributed by atoms with Crippen LogP contribution in [0.4, 0.5) is 4.79 Å². The molecule has 23 heavy (non-hydrogen) atoms. The molecule has 0 saturated heterocycles. The Kier molecular flexibility index (Phi) is 4.56. The number of halogens is 1. The second kappa shape index (κ2) is 6.12. The number of hydrogen-bond acceptors (Lipinski definition) is 5. The number of carbonyl (C=O) groups excluding carboxylic acids is 2. The Labute approximate surface area is 138 Å². The Morgan fingerprint density at radius 3 is 2.13 bits per heavy atom. The average Bonchev–Trinajstić information content (AvgIpc) is 2.82.